The van der Waals surface area contributed by atoms with Crippen LogP contribution in [0.15, 0.2) is 18.2 Å². The summed E-state index contributed by atoms with van der Waals surface area (Å²) in [6, 6.07) is 5.52. The second-order valence-corrected chi connectivity index (χ2v) is 5.00. The van der Waals surface area contributed by atoms with E-state index in [4.69, 9.17) is 0 Å². The highest BCUT2D eigenvalue weighted by atomic mass is 16.1. The molecule has 2 aliphatic rings. The van der Waals surface area contributed by atoms with Crippen molar-refractivity contribution in [2.24, 2.45) is 5.92 Å². The Morgan fingerprint density at radius 3 is 3.00 bits per heavy atom. The van der Waals surface area contributed by atoms with Crippen molar-refractivity contribution in [1.29, 1.82) is 0 Å². The molecule has 4 nitrogen and oxygen atoms in total. The highest BCUT2D eigenvalue weighted by molar-refractivity contribution is 6.02. The van der Waals surface area contributed by atoms with E-state index in [1.54, 1.807) is 0 Å². The summed E-state index contributed by atoms with van der Waals surface area (Å²) in [6.07, 6.45) is 2.40. The first-order chi connectivity index (χ1) is 8.74. The third-order valence-corrected chi connectivity index (χ3v) is 3.68. The minimum atomic E-state index is 0.00827. The van der Waals surface area contributed by atoms with Crippen LogP contribution in [0, 0.1) is 5.92 Å². The van der Waals surface area contributed by atoms with Gasteiger partial charge in [-0.25, -0.2) is 0 Å². The Labute approximate surface area is 106 Å². The van der Waals surface area contributed by atoms with Crippen LogP contribution in [-0.4, -0.2) is 24.8 Å². The van der Waals surface area contributed by atoms with E-state index in [-0.39, 0.29) is 17.6 Å². The molecule has 2 heterocycles. The van der Waals surface area contributed by atoms with E-state index in [1.165, 1.54) is 0 Å². The first kappa shape index (κ1) is 11.4. The lowest BCUT2D eigenvalue weighted by Gasteiger charge is -2.21. The molecule has 18 heavy (non-hydrogen) atoms. The van der Waals surface area contributed by atoms with Crippen molar-refractivity contribution in [3.63, 3.8) is 0 Å². The van der Waals surface area contributed by atoms with Gasteiger partial charge in [0.2, 0.25) is 5.91 Å². The van der Waals surface area contributed by atoms with Gasteiger partial charge in [0.25, 0.3) is 0 Å². The Bertz CT molecular complexity index is 505. The van der Waals surface area contributed by atoms with Crippen molar-refractivity contribution in [2.45, 2.75) is 19.3 Å². The van der Waals surface area contributed by atoms with Crippen molar-refractivity contribution in [3.8, 4) is 0 Å². The van der Waals surface area contributed by atoms with Crippen LogP contribution in [0.1, 0.15) is 28.8 Å². The van der Waals surface area contributed by atoms with Crippen LogP contribution in [0.5, 0.6) is 0 Å². The molecule has 0 spiro atoms. The molecule has 0 aliphatic carbocycles. The molecule has 1 amide bonds. The van der Waals surface area contributed by atoms with Gasteiger partial charge in [0.15, 0.2) is 5.78 Å². The molecule has 0 radical (unpaired) electrons. The van der Waals surface area contributed by atoms with E-state index in [0.29, 0.717) is 6.42 Å². The van der Waals surface area contributed by atoms with Crippen molar-refractivity contribution in [3.05, 3.63) is 29.3 Å². The summed E-state index contributed by atoms with van der Waals surface area (Å²) in [5, 5.41) is 6.04. The lowest BCUT2D eigenvalue weighted by Crippen LogP contribution is -2.34. The van der Waals surface area contributed by atoms with E-state index >= 15 is 0 Å². The number of ketones is 1. The third-order valence-electron chi connectivity index (χ3n) is 3.68. The number of nitrogens with one attached hydrogen (secondary N) is 2. The molecule has 0 saturated carbocycles. The molecule has 0 aromatic heterocycles. The molecule has 1 unspecified atom stereocenters. The van der Waals surface area contributed by atoms with Crippen LogP contribution < -0.4 is 10.6 Å². The minimum absolute atomic E-state index is 0.00827. The van der Waals surface area contributed by atoms with Gasteiger partial charge >= 0.3 is 0 Å². The number of carbonyl (C=O) groups is 2. The van der Waals surface area contributed by atoms with E-state index in [0.717, 1.165) is 42.7 Å². The topological polar surface area (TPSA) is 58.2 Å². The Morgan fingerprint density at radius 2 is 2.22 bits per heavy atom. The van der Waals surface area contributed by atoms with Gasteiger partial charge in [-0.15, -0.1) is 0 Å². The predicted molar refractivity (Wildman–Crippen MR) is 68.7 cm³/mol. The molecule has 4 heteroatoms. The van der Waals surface area contributed by atoms with Gasteiger partial charge in [-0.3, -0.25) is 9.59 Å². The van der Waals surface area contributed by atoms with Crippen LogP contribution in [0.25, 0.3) is 0 Å². The Kier molecular flexibility index (Phi) is 2.88. The second kappa shape index (κ2) is 4.53. The number of Topliss-reactive ketones (excluding diaryl/α,β-unsaturated/α-hetero) is 1. The van der Waals surface area contributed by atoms with E-state index in [9.17, 15) is 9.59 Å². The first-order valence-corrected chi connectivity index (χ1v) is 6.42. The number of carbonyl (C=O) groups excluding carboxylic acids is 2. The van der Waals surface area contributed by atoms with Gasteiger partial charge in [0.05, 0.1) is 6.42 Å². The van der Waals surface area contributed by atoms with E-state index in [2.05, 4.69) is 10.6 Å². The molecule has 1 fully saturated rings. The average molecular weight is 244 g/mol. The van der Waals surface area contributed by atoms with Gasteiger partial charge in [-0.1, -0.05) is 0 Å². The SMILES string of the molecule is O=C1Cc2cc(C(=O)C3CCCNC3)ccc2N1. The van der Waals surface area contributed by atoms with Crippen LogP contribution >= 0.6 is 0 Å². The van der Waals surface area contributed by atoms with E-state index in [1.807, 2.05) is 18.2 Å². The number of rotatable bonds is 2. The highest BCUT2D eigenvalue weighted by Crippen LogP contribution is 2.26. The third kappa shape index (κ3) is 2.04. The van der Waals surface area contributed by atoms with Crippen LogP contribution in [-0.2, 0) is 11.2 Å². The zero-order valence-corrected chi connectivity index (χ0v) is 10.2. The van der Waals surface area contributed by atoms with Crippen LogP contribution in [0.4, 0.5) is 5.69 Å². The summed E-state index contributed by atoms with van der Waals surface area (Å²) in [4.78, 5) is 23.6. The largest absolute Gasteiger partial charge is 0.326 e. The highest BCUT2D eigenvalue weighted by Gasteiger charge is 2.24. The van der Waals surface area contributed by atoms with Crippen molar-refractivity contribution in [2.75, 3.05) is 18.4 Å². The lowest BCUT2D eigenvalue weighted by molar-refractivity contribution is -0.115. The zero-order chi connectivity index (χ0) is 12.5. The van der Waals surface area contributed by atoms with Crippen molar-refractivity contribution < 1.29 is 9.59 Å². The molecule has 1 saturated heterocycles. The summed E-state index contributed by atoms with van der Waals surface area (Å²) < 4.78 is 0. The van der Waals surface area contributed by atoms with Crippen LogP contribution in [0.3, 0.4) is 0 Å². The molecule has 0 bridgehead atoms. The summed E-state index contributed by atoms with van der Waals surface area (Å²) >= 11 is 0. The summed E-state index contributed by atoms with van der Waals surface area (Å²) in [7, 11) is 0. The molecule has 94 valence electrons. The number of benzene rings is 1. The maximum atomic E-state index is 12.3. The lowest BCUT2D eigenvalue weighted by atomic mass is 9.90. The molecule has 3 rings (SSSR count). The molecular formula is C14H16N2O2. The van der Waals surface area contributed by atoms with Crippen LogP contribution in [0.2, 0.25) is 0 Å². The second-order valence-electron chi connectivity index (χ2n) is 5.00. The van der Waals surface area contributed by atoms with E-state index < -0.39 is 0 Å². The number of hydrogen-bond donors (Lipinski definition) is 2. The molecule has 2 aliphatic heterocycles. The van der Waals surface area contributed by atoms with Gasteiger partial charge in [-0.2, -0.15) is 0 Å². The standard InChI is InChI=1S/C14H16N2O2/c17-13-7-11-6-9(3-4-12(11)16-13)14(18)10-2-1-5-15-8-10/h3-4,6,10,15H,1-2,5,7-8H2,(H,16,17). The van der Waals surface area contributed by atoms with Gasteiger partial charge < -0.3 is 10.6 Å². The summed E-state index contributed by atoms with van der Waals surface area (Å²) in [5.74, 6) is 0.292. The first-order valence-electron chi connectivity index (χ1n) is 6.42. The molecule has 1 atom stereocenters. The Balaban J connectivity index is 1.82. The fourth-order valence-corrected chi connectivity index (χ4v) is 2.69. The fourth-order valence-electron chi connectivity index (χ4n) is 2.69. The minimum Gasteiger partial charge on any atom is -0.326 e. The monoisotopic (exact) mass is 244 g/mol. The van der Waals surface area contributed by atoms with Gasteiger partial charge in [0, 0.05) is 23.7 Å². The molecule has 1 aromatic rings. The average Bonchev–Trinajstić information content (AvgIpc) is 2.78. The number of amides is 1. The maximum Gasteiger partial charge on any atom is 0.228 e. The van der Waals surface area contributed by atoms with Crippen molar-refractivity contribution in [1.82, 2.24) is 5.32 Å². The zero-order valence-electron chi connectivity index (χ0n) is 10.2. The Hall–Kier alpha value is -1.68. The number of piperidine rings is 1. The normalized spacial score (nSPS) is 22.4. The maximum absolute atomic E-state index is 12.3. The number of fused-ring (bicyclic) bond motifs is 1. The number of anilines is 1. The quantitative estimate of drug-likeness (QED) is 0.772. The smallest absolute Gasteiger partial charge is 0.228 e. The Morgan fingerprint density at radius 1 is 1.33 bits per heavy atom. The van der Waals surface area contributed by atoms with Gasteiger partial charge in [0.1, 0.15) is 0 Å². The summed E-state index contributed by atoms with van der Waals surface area (Å²) in [5.41, 5.74) is 2.52. The van der Waals surface area contributed by atoms with Crippen molar-refractivity contribution >= 4 is 17.4 Å². The predicted octanol–water partition coefficient (Wildman–Crippen LogP) is 1.36. The fraction of sp³-hybridized carbons (Fsp3) is 0.429. The number of hydrogen-bond acceptors (Lipinski definition) is 3. The molecule has 2 N–H and O–H groups in total. The molecular weight excluding hydrogens is 228 g/mol. The summed E-state index contributed by atoms with van der Waals surface area (Å²) in [6.45, 7) is 1.78. The van der Waals surface area contributed by atoms with Gasteiger partial charge in [-0.05, 0) is 43.1 Å². The molecule has 1 aromatic carbocycles.